The van der Waals surface area contributed by atoms with Crippen LogP contribution in [0, 0.1) is 0 Å². The van der Waals surface area contributed by atoms with E-state index in [2.05, 4.69) is 39.4 Å². The van der Waals surface area contributed by atoms with Crippen molar-refractivity contribution in [3.8, 4) is 11.3 Å². The van der Waals surface area contributed by atoms with E-state index in [1.165, 1.54) is 0 Å². The number of anilines is 2. The summed E-state index contributed by atoms with van der Waals surface area (Å²) in [5.41, 5.74) is 1.85. The zero-order chi connectivity index (χ0) is 16.8. The van der Waals surface area contributed by atoms with E-state index in [4.69, 9.17) is 4.42 Å². The van der Waals surface area contributed by atoms with Gasteiger partial charge in [0.15, 0.2) is 0 Å². The number of rotatable bonds is 7. The van der Waals surface area contributed by atoms with E-state index in [9.17, 15) is 0 Å². The molecule has 24 heavy (non-hydrogen) atoms. The van der Waals surface area contributed by atoms with Crippen molar-refractivity contribution in [2.75, 3.05) is 10.6 Å². The molecule has 3 aromatic heterocycles. The zero-order valence-electron chi connectivity index (χ0n) is 13.9. The number of pyridine rings is 1. The second-order valence-electron chi connectivity index (χ2n) is 5.58. The molecule has 0 aliphatic carbocycles. The van der Waals surface area contributed by atoms with Crippen molar-refractivity contribution in [2.45, 2.75) is 32.9 Å². The van der Waals surface area contributed by atoms with Crippen LogP contribution in [0.2, 0.25) is 0 Å². The highest BCUT2D eigenvalue weighted by atomic mass is 16.3. The van der Waals surface area contributed by atoms with Gasteiger partial charge in [0.25, 0.3) is 0 Å². The minimum absolute atomic E-state index is 0.301. The second-order valence-corrected chi connectivity index (χ2v) is 5.58. The maximum absolute atomic E-state index is 5.35. The fraction of sp³-hybridized carbons (Fsp3) is 0.278. The van der Waals surface area contributed by atoms with Crippen LogP contribution >= 0.6 is 0 Å². The Morgan fingerprint density at radius 1 is 1.17 bits per heavy atom. The molecule has 6 nitrogen and oxygen atoms in total. The Labute approximate surface area is 141 Å². The first kappa shape index (κ1) is 16.0. The number of aromatic nitrogens is 3. The molecular weight excluding hydrogens is 302 g/mol. The third-order valence-electron chi connectivity index (χ3n) is 3.71. The minimum atomic E-state index is 0.301. The number of nitrogens with zero attached hydrogens (tertiary/aromatic N) is 3. The van der Waals surface area contributed by atoms with Gasteiger partial charge in [0.2, 0.25) is 5.95 Å². The van der Waals surface area contributed by atoms with Gasteiger partial charge in [-0.25, -0.2) is 4.98 Å². The smallest absolute Gasteiger partial charge is 0.225 e. The SMILES string of the molecule is CC[C@H](C)Nc1nc(NCc2ccco2)cc(-c2ccncc2)n1. The molecule has 0 saturated carbocycles. The van der Waals surface area contributed by atoms with Crippen molar-refractivity contribution in [2.24, 2.45) is 0 Å². The van der Waals surface area contributed by atoms with Crippen LogP contribution < -0.4 is 10.6 Å². The fourth-order valence-electron chi connectivity index (χ4n) is 2.19. The summed E-state index contributed by atoms with van der Waals surface area (Å²) >= 11 is 0. The van der Waals surface area contributed by atoms with Crippen molar-refractivity contribution in [3.05, 3.63) is 54.7 Å². The zero-order valence-corrected chi connectivity index (χ0v) is 13.9. The van der Waals surface area contributed by atoms with Gasteiger partial charge in [0.05, 0.1) is 18.5 Å². The monoisotopic (exact) mass is 323 g/mol. The molecule has 0 spiro atoms. The van der Waals surface area contributed by atoms with Crippen molar-refractivity contribution in [1.82, 2.24) is 15.0 Å². The molecule has 0 aromatic carbocycles. The first-order chi connectivity index (χ1) is 11.7. The summed E-state index contributed by atoms with van der Waals surface area (Å²) in [6.07, 6.45) is 6.18. The van der Waals surface area contributed by atoms with Crippen molar-refractivity contribution < 1.29 is 4.42 Å². The lowest BCUT2D eigenvalue weighted by Crippen LogP contribution is -2.16. The van der Waals surface area contributed by atoms with Crippen molar-refractivity contribution in [1.29, 1.82) is 0 Å². The van der Waals surface area contributed by atoms with Crippen molar-refractivity contribution in [3.63, 3.8) is 0 Å². The Kier molecular flexibility index (Phi) is 5.05. The summed E-state index contributed by atoms with van der Waals surface area (Å²) in [4.78, 5) is 13.2. The normalized spacial score (nSPS) is 11.9. The molecular formula is C18H21N5O. The maximum Gasteiger partial charge on any atom is 0.225 e. The quantitative estimate of drug-likeness (QED) is 0.685. The highest BCUT2D eigenvalue weighted by Gasteiger charge is 2.09. The van der Waals surface area contributed by atoms with Gasteiger partial charge < -0.3 is 15.1 Å². The summed E-state index contributed by atoms with van der Waals surface area (Å²) in [6.45, 7) is 4.81. The summed E-state index contributed by atoms with van der Waals surface area (Å²) in [7, 11) is 0. The van der Waals surface area contributed by atoms with Gasteiger partial charge >= 0.3 is 0 Å². The van der Waals surface area contributed by atoms with Gasteiger partial charge in [0, 0.05) is 30.1 Å². The standard InChI is InChI=1S/C18H21N5O/c1-3-13(2)21-18-22-16(14-6-8-19-9-7-14)11-17(23-18)20-12-15-5-4-10-24-15/h4-11,13H,3,12H2,1-2H3,(H2,20,21,22,23)/t13-/m0/s1. The molecule has 0 aliphatic heterocycles. The topological polar surface area (TPSA) is 75.9 Å². The average molecular weight is 323 g/mol. The molecule has 1 atom stereocenters. The van der Waals surface area contributed by atoms with E-state index in [0.29, 0.717) is 18.5 Å². The molecule has 2 N–H and O–H groups in total. The van der Waals surface area contributed by atoms with Gasteiger partial charge in [-0.1, -0.05) is 6.92 Å². The van der Waals surface area contributed by atoms with E-state index in [1.54, 1.807) is 18.7 Å². The molecule has 0 saturated heterocycles. The highest BCUT2D eigenvalue weighted by Crippen LogP contribution is 2.21. The first-order valence-corrected chi connectivity index (χ1v) is 8.07. The number of hydrogen-bond donors (Lipinski definition) is 2. The molecule has 0 fully saturated rings. The lowest BCUT2D eigenvalue weighted by molar-refractivity contribution is 0.518. The molecule has 6 heteroatoms. The largest absolute Gasteiger partial charge is 0.467 e. The lowest BCUT2D eigenvalue weighted by atomic mass is 10.2. The predicted molar refractivity (Wildman–Crippen MR) is 94.7 cm³/mol. The number of furan rings is 1. The highest BCUT2D eigenvalue weighted by molar-refractivity contribution is 5.63. The van der Waals surface area contributed by atoms with Gasteiger partial charge in [-0.05, 0) is 37.6 Å². The average Bonchev–Trinajstić information content (AvgIpc) is 3.14. The van der Waals surface area contributed by atoms with E-state index < -0.39 is 0 Å². The van der Waals surface area contributed by atoms with Crippen LogP contribution in [-0.4, -0.2) is 21.0 Å². The van der Waals surface area contributed by atoms with Crippen LogP contribution in [0.15, 0.2) is 53.4 Å². The van der Waals surface area contributed by atoms with E-state index in [-0.39, 0.29) is 0 Å². The predicted octanol–water partition coefficient (Wildman–Crippen LogP) is 3.95. The summed E-state index contributed by atoms with van der Waals surface area (Å²) in [6, 6.07) is 9.90. The number of nitrogens with one attached hydrogen (secondary N) is 2. The molecule has 0 aliphatic rings. The van der Waals surface area contributed by atoms with Crippen LogP contribution in [0.25, 0.3) is 11.3 Å². The number of hydrogen-bond acceptors (Lipinski definition) is 6. The fourth-order valence-corrected chi connectivity index (χ4v) is 2.19. The molecule has 0 unspecified atom stereocenters. The molecule has 124 valence electrons. The van der Waals surface area contributed by atoms with Crippen LogP contribution in [-0.2, 0) is 6.54 Å². The van der Waals surface area contributed by atoms with Gasteiger partial charge in [-0.2, -0.15) is 4.98 Å². The molecule has 3 rings (SSSR count). The van der Waals surface area contributed by atoms with Gasteiger partial charge in [-0.3, -0.25) is 4.98 Å². The van der Waals surface area contributed by atoms with E-state index in [1.807, 2.05) is 30.3 Å². The molecule has 0 amide bonds. The third-order valence-corrected chi connectivity index (χ3v) is 3.71. The lowest BCUT2D eigenvalue weighted by Gasteiger charge is -2.14. The maximum atomic E-state index is 5.35. The van der Waals surface area contributed by atoms with Gasteiger partial charge in [-0.15, -0.1) is 0 Å². The Morgan fingerprint density at radius 2 is 2.00 bits per heavy atom. The molecule has 3 heterocycles. The van der Waals surface area contributed by atoms with Crippen LogP contribution in [0.1, 0.15) is 26.0 Å². The van der Waals surface area contributed by atoms with E-state index in [0.717, 1.165) is 29.3 Å². The van der Waals surface area contributed by atoms with Crippen molar-refractivity contribution >= 4 is 11.8 Å². The summed E-state index contributed by atoms with van der Waals surface area (Å²) in [5.74, 6) is 2.22. The third kappa shape index (κ3) is 4.10. The Hall–Kier alpha value is -2.89. The first-order valence-electron chi connectivity index (χ1n) is 8.07. The van der Waals surface area contributed by atoms with Crippen LogP contribution in [0.3, 0.4) is 0 Å². The van der Waals surface area contributed by atoms with Crippen LogP contribution in [0.4, 0.5) is 11.8 Å². The Morgan fingerprint density at radius 3 is 2.71 bits per heavy atom. The van der Waals surface area contributed by atoms with Crippen LogP contribution in [0.5, 0.6) is 0 Å². The minimum Gasteiger partial charge on any atom is -0.467 e. The molecule has 0 radical (unpaired) electrons. The summed E-state index contributed by atoms with van der Waals surface area (Å²) in [5, 5.41) is 6.62. The van der Waals surface area contributed by atoms with Gasteiger partial charge in [0.1, 0.15) is 11.6 Å². The Balaban J connectivity index is 1.87. The van der Waals surface area contributed by atoms with E-state index >= 15 is 0 Å². The molecule has 3 aromatic rings. The summed E-state index contributed by atoms with van der Waals surface area (Å²) < 4.78 is 5.35. The second kappa shape index (κ2) is 7.59. The Bertz CT molecular complexity index is 758. The molecule has 0 bridgehead atoms.